The van der Waals surface area contributed by atoms with Crippen molar-refractivity contribution in [3.05, 3.63) is 34.3 Å². The number of rotatable bonds is 2. The molecular weight excluding hydrogens is 228 g/mol. The molecule has 1 atom stereocenters. The summed E-state index contributed by atoms with van der Waals surface area (Å²) in [6, 6.07) is 6.39. The van der Waals surface area contributed by atoms with E-state index in [4.69, 9.17) is 11.6 Å². The zero-order valence-electron chi connectivity index (χ0n) is 11.8. The van der Waals surface area contributed by atoms with Crippen LogP contribution in [-0.4, -0.2) is 0 Å². The largest absolute Gasteiger partial charge is 0.0840 e. The van der Waals surface area contributed by atoms with E-state index in [0.717, 1.165) is 11.4 Å². The summed E-state index contributed by atoms with van der Waals surface area (Å²) in [5.41, 5.74) is 3.28. The molecule has 1 aliphatic carbocycles. The fourth-order valence-corrected chi connectivity index (χ4v) is 3.41. The lowest BCUT2D eigenvalue weighted by molar-refractivity contribution is 0.294. The fraction of sp³-hybridized carbons (Fsp3) is 0.625. The number of benzene rings is 1. The molecule has 17 heavy (non-hydrogen) atoms. The molecule has 0 aliphatic heterocycles. The first kappa shape index (κ1) is 14.6. The summed E-state index contributed by atoms with van der Waals surface area (Å²) in [4.78, 5) is 0. The first-order valence-electron chi connectivity index (χ1n) is 6.89. The molecule has 2 rings (SSSR count). The molecule has 0 saturated heterocycles. The van der Waals surface area contributed by atoms with Crippen LogP contribution >= 0.6 is 11.6 Å². The third-order valence-corrected chi connectivity index (χ3v) is 4.57. The van der Waals surface area contributed by atoms with Crippen molar-refractivity contribution in [1.82, 2.24) is 0 Å². The van der Waals surface area contributed by atoms with Gasteiger partial charge in [0.2, 0.25) is 0 Å². The van der Waals surface area contributed by atoms with Gasteiger partial charge in [-0.25, -0.2) is 0 Å². The van der Waals surface area contributed by atoms with Crippen molar-refractivity contribution >= 4 is 11.6 Å². The third kappa shape index (κ3) is 2.38. The van der Waals surface area contributed by atoms with Gasteiger partial charge in [-0.3, -0.25) is 0 Å². The Balaban J connectivity index is 0.000000686. The van der Waals surface area contributed by atoms with Gasteiger partial charge < -0.3 is 0 Å². The summed E-state index contributed by atoms with van der Waals surface area (Å²) < 4.78 is 0. The minimum absolute atomic E-state index is 0.375. The van der Waals surface area contributed by atoms with Gasteiger partial charge in [0.25, 0.3) is 0 Å². The minimum Gasteiger partial charge on any atom is -0.0840 e. The lowest BCUT2D eigenvalue weighted by Gasteiger charge is -2.33. The molecule has 0 heterocycles. The zero-order valence-corrected chi connectivity index (χ0v) is 12.6. The van der Waals surface area contributed by atoms with E-state index < -0.39 is 0 Å². The van der Waals surface area contributed by atoms with Gasteiger partial charge in [-0.15, -0.1) is 0 Å². The molecule has 1 heteroatoms. The third-order valence-electron chi connectivity index (χ3n) is 4.21. The van der Waals surface area contributed by atoms with Crippen molar-refractivity contribution in [2.75, 3.05) is 0 Å². The van der Waals surface area contributed by atoms with Crippen LogP contribution in [0, 0.1) is 5.92 Å². The van der Waals surface area contributed by atoms with Gasteiger partial charge in [-0.05, 0) is 47.8 Å². The predicted octanol–water partition coefficient (Wildman–Crippen LogP) is 5.62. The maximum atomic E-state index is 6.26. The Hall–Kier alpha value is -0.490. The monoisotopic (exact) mass is 252 g/mol. The second-order valence-corrected chi connectivity index (χ2v) is 5.34. The minimum atomic E-state index is 0.375. The van der Waals surface area contributed by atoms with Crippen molar-refractivity contribution in [2.45, 2.75) is 59.3 Å². The number of fused-ring (bicyclic) bond motifs is 1. The standard InChI is InChI=1S/C14H19Cl.C2H6/c1-4-14(10(2)3)9-8-11-12(14)6-5-7-13(11)15;1-2/h5-7,10H,4,8-9H2,1-3H3;1-2H3. The molecule has 1 aromatic carbocycles. The Morgan fingerprint density at radius 3 is 2.47 bits per heavy atom. The van der Waals surface area contributed by atoms with Crippen LogP contribution in [0.4, 0.5) is 0 Å². The maximum Gasteiger partial charge on any atom is 0.0440 e. The maximum absolute atomic E-state index is 6.26. The van der Waals surface area contributed by atoms with Crippen molar-refractivity contribution in [1.29, 1.82) is 0 Å². The Kier molecular flexibility index (Phi) is 5.06. The zero-order chi connectivity index (χ0) is 13.1. The van der Waals surface area contributed by atoms with E-state index in [2.05, 4.69) is 32.9 Å². The number of hydrogen-bond donors (Lipinski definition) is 0. The molecule has 0 bridgehead atoms. The van der Waals surface area contributed by atoms with Crippen LogP contribution < -0.4 is 0 Å². The highest BCUT2D eigenvalue weighted by molar-refractivity contribution is 6.31. The van der Waals surface area contributed by atoms with Gasteiger partial charge in [0, 0.05) is 5.02 Å². The Morgan fingerprint density at radius 1 is 1.29 bits per heavy atom. The van der Waals surface area contributed by atoms with Crippen LogP contribution in [0.2, 0.25) is 5.02 Å². The second-order valence-electron chi connectivity index (χ2n) is 4.93. The molecule has 0 nitrogen and oxygen atoms in total. The van der Waals surface area contributed by atoms with Crippen molar-refractivity contribution in [3.63, 3.8) is 0 Å². The summed E-state index contributed by atoms with van der Waals surface area (Å²) in [5, 5.41) is 0.962. The molecule has 0 fully saturated rings. The van der Waals surface area contributed by atoms with E-state index >= 15 is 0 Å². The van der Waals surface area contributed by atoms with Crippen LogP contribution in [0.5, 0.6) is 0 Å². The van der Waals surface area contributed by atoms with Crippen LogP contribution in [0.15, 0.2) is 18.2 Å². The van der Waals surface area contributed by atoms with Crippen LogP contribution in [0.1, 0.15) is 58.6 Å². The SMILES string of the molecule is CC.CCC1(C(C)C)CCc2c(Cl)cccc21. The molecule has 0 spiro atoms. The first-order valence-corrected chi connectivity index (χ1v) is 7.27. The molecule has 0 N–H and O–H groups in total. The van der Waals surface area contributed by atoms with Gasteiger partial charge in [0.15, 0.2) is 0 Å². The van der Waals surface area contributed by atoms with E-state index in [1.807, 2.05) is 19.9 Å². The second kappa shape index (κ2) is 5.91. The summed E-state index contributed by atoms with van der Waals surface area (Å²) in [6.07, 6.45) is 3.64. The smallest absolute Gasteiger partial charge is 0.0440 e. The molecule has 0 saturated carbocycles. The predicted molar refractivity (Wildman–Crippen MR) is 77.9 cm³/mol. The van der Waals surface area contributed by atoms with Crippen molar-refractivity contribution < 1.29 is 0 Å². The van der Waals surface area contributed by atoms with Crippen LogP contribution in [0.3, 0.4) is 0 Å². The van der Waals surface area contributed by atoms with Crippen molar-refractivity contribution in [2.24, 2.45) is 5.92 Å². The Morgan fingerprint density at radius 2 is 1.94 bits per heavy atom. The van der Waals surface area contributed by atoms with Gasteiger partial charge in [0.1, 0.15) is 0 Å². The van der Waals surface area contributed by atoms with Crippen LogP contribution in [0.25, 0.3) is 0 Å². The van der Waals surface area contributed by atoms with Crippen LogP contribution in [-0.2, 0) is 11.8 Å². The molecule has 0 radical (unpaired) electrons. The summed E-state index contributed by atoms with van der Waals surface area (Å²) >= 11 is 6.26. The summed E-state index contributed by atoms with van der Waals surface area (Å²) in [6.45, 7) is 11.0. The van der Waals surface area contributed by atoms with E-state index in [0.29, 0.717) is 11.3 Å². The summed E-state index contributed by atoms with van der Waals surface area (Å²) in [5.74, 6) is 0.696. The molecule has 96 valence electrons. The van der Waals surface area contributed by atoms with Gasteiger partial charge in [0.05, 0.1) is 0 Å². The summed E-state index contributed by atoms with van der Waals surface area (Å²) in [7, 11) is 0. The molecule has 1 aliphatic rings. The molecule has 0 amide bonds. The topological polar surface area (TPSA) is 0 Å². The van der Waals surface area contributed by atoms with E-state index in [1.54, 1.807) is 0 Å². The average Bonchev–Trinajstić information content (AvgIpc) is 2.73. The molecule has 0 aromatic heterocycles. The van der Waals surface area contributed by atoms with Crippen molar-refractivity contribution in [3.8, 4) is 0 Å². The molecular formula is C16H25Cl. The highest BCUT2D eigenvalue weighted by Gasteiger charge is 2.40. The van der Waals surface area contributed by atoms with Gasteiger partial charge >= 0.3 is 0 Å². The number of halogens is 1. The fourth-order valence-electron chi connectivity index (χ4n) is 3.14. The lowest BCUT2D eigenvalue weighted by Crippen LogP contribution is -2.28. The average molecular weight is 253 g/mol. The van der Waals surface area contributed by atoms with Gasteiger partial charge in [-0.1, -0.05) is 58.4 Å². The van der Waals surface area contributed by atoms with E-state index in [1.165, 1.54) is 24.0 Å². The molecule has 1 unspecified atom stereocenters. The van der Waals surface area contributed by atoms with Gasteiger partial charge in [-0.2, -0.15) is 0 Å². The Labute approximate surface area is 111 Å². The van der Waals surface area contributed by atoms with E-state index in [-0.39, 0.29) is 0 Å². The molecule has 1 aromatic rings. The first-order chi connectivity index (χ1) is 8.12. The quantitative estimate of drug-likeness (QED) is 0.641. The highest BCUT2D eigenvalue weighted by Crippen LogP contribution is 2.48. The van der Waals surface area contributed by atoms with E-state index in [9.17, 15) is 0 Å². The normalized spacial score (nSPS) is 22.1. The number of hydrogen-bond acceptors (Lipinski definition) is 0. The Bertz CT molecular complexity index is 368. The lowest BCUT2D eigenvalue weighted by atomic mass is 9.71. The highest BCUT2D eigenvalue weighted by atomic mass is 35.5.